The minimum atomic E-state index is -4.35. The fraction of sp³-hybridized carbons (Fsp3) is 0.761. The van der Waals surface area contributed by atoms with E-state index in [1.165, 1.54) is 103 Å². The van der Waals surface area contributed by atoms with Gasteiger partial charge in [-0.05, 0) is 64.2 Å². The fourth-order valence-electron chi connectivity index (χ4n) is 6.22. The molecule has 9 heteroatoms. The number of phosphoric acid groups is 1. The molecule has 0 heterocycles. The molecule has 0 saturated carbocycles. The Kier molecular flexibility index (Phi) is 40.5. The van der Waals surface area contributed by atoms with Gasteiger partial charge in [0.15, 0.2) is 0 Å². The van der Waals surface area contributed by atoms with E-state index in [9.17, 15) is 19.4 Å². The molecule has 0 aromatic carbocycles. The van der Waals surface area contributed by atoms with Crippen molar-refractivity contribution in [1.82, 2.24) is 5.32 Å². The van der Waals surface area contributed by atoms with Crippen LogP contribution in [0.5, 0.6) is 0 Å². The Labute approximate surface area is 338 Å². The summed E-state index contributed by atoms with van der Waals surface area (Å²) in [5.41, 5.74) is 5.37. The van der Waals surface area contributed by atoms with Gasteiger partial charge in [-0.1, -0.05) is 184 Å². The Morgan fingerprint density at radius 2 is 1.07 bits per heavy atom. The first-order valence-electron chi connectivity index (χ1n) is 22.4. The summed E-state index contributed by atoms with van der Waals surface area (Å²) >= 11 is 0. The van der Waals surface area contributed by atoms with Crippen molar-refractivity contribution >= 4 is 13.7 Å². The third-order valence-electron chi connectivity index (χ3n) is 9.58. The first-order chi connectivity index (χ1) is 26.9. The van der Waals surface area contributed by atoms with Crippen molar-refractivity contribution in [2.75, 3.05) is 19.8 Å². The molecule has 5 N–H and O–H groups in total. The number of phosphoric ester groups is 1. The van der Waals surface area contributed by atoms with Crippen molar-refractivity contribution in [2.24, 2.45) is 5.73 Å². The van der Waals surface area contributed by atoms with Crippen LogP contribution in [-0.2, 0) is 18.4 Å². The zero-order valence-electron chi connectivity index (χ0n) is 35.4. The van der Waals surface area contributed by atoms with E-state index in [1.807, 2.05) is 6.08 Å². The van der Waals surface area contributed by atoms with Crippen LogP contribution in [0.2, 0.25) is 0 Å². The maximum Gasteiger partial charge on any atom is 0.472 e. The average molecular weight is 793 g/mol. The molecule has 8 nitrogen and oxygen atoms in total. The highest BCUT2D eigenvalue weighted by atomic mass is 31.2. The van der Waals surface area contributed by atoms with E-state index in [1.54, 1.807) is 6.08 Å². The second-order valence-electron chi connectivity index (χ2n) is 14.9. The molecule has 0 fully saturated rings. The Morgan fingerprint density at radius 1 is 0.618 bits per heavy atom. The third kappa shape index (κ3) is 40.2. The summed E-state index contributed by atoms with van der Waals surface area (Å²) in [6, 6.07) is -0.884. The van der Waals surface area contributed by atoms with Crippen LogP contribution in [0.1, 0.15) is 194 Å². The van der Waals surface area contributed by atoms with Crippen molar-refractivity contribution in [3.05, 3.63) is 60.8 Å². The maximum absolute atomic E-state index is 12.8. The first-order valence-corrected chi connectivity index (χ1v) is 23.9. The minimum Gasteiger partial charge on any atom is -0.387 e. The van der Waals surface area contributed by atoms with Gasteiger partial charge in [0.1, 0.15) is 0 Å². The molecule has 0 aromatic heterocycles. The van der Waals surface area contributed by atoms with Gasteiger partial charge in [-0.25, -0.2) is 4.57 Å². The lowest BCUT2D eigenvalue weighted by Gasteiger charge is -2.23. The number of nitrogens with one attached hydrogen (secondary N) is 1. The van der Waals surface area contributed by atoms with E-state index >= 15 is 0 Å². The lowest BCUT2D eigenvalue weighted by atomic mass is 10.0. The standard InChI is InChI=1S/C46H85N2O6P/c1-3-5-7-9-11-13-15-17-19-21-22-24-25-27-29-31-33-35-37-39-45(49)44(43-54-55(51,52)53-42-41-47)48-46(50)40-38-36-34-32-30-28-26-23-20-18-16-14-12-10-8-6-4-2/h6,8,12,14,18,20,29,31,37,39,44-45,49H,3-5,7,9-11,13,15-17,19,21-28,30,32-36,38,40-43,47H2,1-2H3,(H,48,50)(H,51,52)/b8-6-,14-12-,20-18-,31-29+,39-37+. The summed E-state index contributed by atoms with van der Waals surface area (Å²) in [6.45, 7) is 3.99. The van der Waals surface area contributed by atoms with Crippen molar-refractivity contribution < 1.29 is 28.4 Å². The predicted octanol–water partition coefficient (Wildman–Crippen LogP) is 12.7. The van der Waals surface area contributed by atoms with Gasteiger partial charge in [0, 0.05) is 13.0 Å². The highest BCUT2D eigenvalue weighted by Gasteiger charge is 2.26. The van der Waals surface area contributed by atoms with Crippen LogP contribution in [-0.4, -0.2) is 47.8 Å². The Morgan fingerprint density at radius 3 is 1.62 bits per heavy atom. The average Bonchev–Trinajstić information content (AvgIpc) is 3.17. The molecule has 320 valence electrons. The lowest BCUT2D eigenvalue weighted by Crippen LogP contribution is -2.45. The van der Waals surface area contributed by atoms with Crippen LogP contribution in [0.4, 0.5) is 0 Å². The number of allylic oxidation sites excluding steroid dienone is 9. The number of hydrogen-bond donors (Lipinski definition) is 4. The van der Waals surface area contributed by atoms with Crippen LogP contribution in [0, 0.1) is 0 Å². The number of amides is 1. The lowest BCUT2D eigenvalue weighted by molar-refractivity contribution is -0.123. The number of rotatable bonds is 41. The van der Waals surface area contributed by atoms with Crippen molar-refractivity contribution in [3.63, 3.8) is 0 Å². The van der Waals surface area contributed by atoms with Gasteiger partial charge in [-0.15, -0.1) is 0 Å². The van der Waals surface area contributed by atoms with Crippen molar-refractivity contribution in [1.29, 1.82) is 0 Å². The van der Waals surface area contributed by atoms with Crippen LogP contribution in [0.25, 0.3) is 0 Å². The van der Waals surface area contributed by atoms with Crippen LogP contribution < -0.4 is 11.1 Å². The molecule has 1 amide bonds. The smallest absolute Gasteiger partial charge is 0.387 e. The van der Waals surface area contributed by atoms with Crippen LogP contribution in [0.15, 0.2) is 60.8 Å². The number of aliphatic hydroxyl groups is 1. The molecule has 3 atom stereocenters. The second-order valence-corrected chi connectivity index (χ2v) is 16.3. The molecule has 0 aliphatic carbocycles. The molecule has 55 heavy (non-hydrogen) atoms. The quantitative estimate of drug-likeness (QED) is 0.0275. The number of aliphatic hydroxyl groups excluding tert-OH is 1. The van der Waals surface area contributed by atoms with Gasteiger partial charge >= 0.3 is 7.82 Å². The Bertz CT molecular complexity index is 1040. The minimum absolute atomic E-state index is 0.0699. The van der Waals surface area contributed by atoms with Gasteiger partial charge in [0.05, 0.1) is 25.4 Å². The van der Waals surface area contributed by atoms with Crippen LogP contribution >= 0.6 is 7.82 Å². The summed E-state index contributed by atoms with van der Waals surface area (Å²) in [5, 5.41) is 13.7. The van der Waals surface area contributed by atoms with Crippen LogP contribution in [0.3, 0.4) is 0 Å². The van der Waals surface area contributed by atoms with E-state index in [2.05, 4.69) is 67.8 Å². The van der Waals surface area contributed by atoms with E-state index in [0.29, 0.717) is 6.42 Å². The summed E-state index contributed by atoms with van der Waals surface area (Å²) in [6.07, 6.45) is 52.7. The molecule has 0 saturated heterocycles. The predicted molar refractivity (Wildman–Crippen MR) is 235 cm³/mol. The molecule has 0 radical (unpaired) electrons. The monoisotopic (exact) mass is 793 g/mol. The number of carbonyl (C=O) groups excluding carboxylic acids is 1. The van der Waals surface area contributed by atoms with Gasteiger partial charge in [0.2, 0.25) is 5.91 Å². The van der Waals surface area contributed by atoms with E-state index < -0.39 is 20.0 Å². The van der Waals surface area contributed by atoms with Gasteiger partial charge in [0.25, 0.3) is 0 Å². The van der Waals surface area contributed by atoms with Crippen molar-refractivity contribution in [3.8, 4) is 0 Å². The maximum atomic E-state index is 12.8. The molecule has 0 aliphatic rings. The van der Waals surface area contributed by atoms with Gasteiger partial charge in [-0.2, -0.15) is 0 Å². The van der Waals surface area contributed by atoms with E-state index in [-0.39, 0.29) is 25.7 Å². The number of hydrogen-bond acceptors (Lipinski definition) is 6. The van der Waals surface area contributed by atoms with Crippen molar-refractivity contribution in [2.45, 2.75) is 206 Å². The Balaban J connectivity index is 4.27. The summed E-state index contributed by atoms with van der Waals surface area (Å²) in [5.74, 6) is -0.216. The van der Waals surface area contributed by atoms with Gasteiger partial charge in [-0.3, -0.25) is 13.8 Å². The number of nitrogens with two attached hydrogens (primary N) is 1. The third-order valence-corrected chi connectivity index (χ3v) is 10.6. The Hall–Kier alpha value is -1.80. The summed E-state index contributed by atoms with van der Waals surface area (Å²) < 4.78 is 22.1. The summed E-state index contributed by atoms with van der Waals surface area (Å²) in [7, 11) is -4.35. The van der Waals surface area contributed by atoms with E-state index in [4.69, 9.17) is 14.8 Å². The molecule has 0 aromatic rings. The molecule has 0 rings (SSSR count). The highest BCUT2D eigenvalue weighted by Crippen LogP contribution is 2.43. The molecular weight excluding hydrogens is 707 g/mol. The zero-order valence-corrected chi connectivity index (χ0v) is 36.3. The molecule has 3 unspecified atom stereocenters. The summed E-state index contributed by atoms with van der Waals surface area (Å²) in [4.78, 5) is 22.7. The molecular formula is C46H85N2O6P. The molecule has 0 spiro atoms. The fourth-order valence-corrected chi connectivity index (χ4v) is 6.98. The van der Waals surface area contributed by atoms with E-state index in [0.717, 1.165) is 70.6 Å². The zero-order chi connectivity index (χ0) is 40.3. The SMILES string of the molecule is CC/C=C\C/C=C\C/C=C\CCCCCCCCCC(=O)NC(COP(=O)(O)OCCN)C(O)/C=C/CC/C=C/CCCCCCCCCCCCCCC. The number of carbonyl (C=O) groups is 1. The van der Waals surface area contributed by atoms with Gasteiger partial charge < -0.3 is 21.1 Å². The molecule has 0 aliphatic heterocycles. The topological polar surface area (TPSA) is 131 Å². The largest absolute Gasteiger partial charge is 0.472 e. The number of unbranched alkanes of at least 4 members (excludes halogenated alkanes) is 21. The molecule has 0 bridgehead atoms. The normalized spacial score (nSPS) is 14.6. The first kappa shape index (κ1) is 53.2. The second kappa shape index (κ2) is 41.8. The highest BCUT2D eigenvalue weighted by molar-refractivity contribution is 7.47.